The summed E-state index contributed by atoms with van der Waals surface area (Å²) in [7, 11) is 0. The van der Waals surface area contributed by atoms with Gasteiger partial charge in [0.05, 0.1) is 0 Å². The van der Waals surface area contributed by atoms with Crippen LogP contribution in [0.25, 0.3) is 0 Å². The molecule has 2 aliphatic carbocycles. The number of amides is 1. The van der Waals surface area contributed by atoms with Crippen LogP contribution in [0.2, 0.25) is 0 Å². The molecule has 3 nitrogen and oxygen atoms in total. The fourth-order valence-corrected chi connectivity index (χ4v) is 5.09. The average molecular weight is 423 g/mol. The number of hydrogen-bond acceptors (Lipinski definition) is 2. The highest BCUT2D eigenvalue weighted by molar-refractivity contribution is 5.87. The highest BCUT2D eigenvalue weighted by atomic mass is 19.1. The molecule has 1 saturated heterocycles. The molecule has 2 fully saturated rings. The number of carbonyl (C=O) groups excluding carboxylic acids is 1. The second-order valence-corrected chi connectivity index (χ2v) is 9.22. The van der Waals surface area contributed by atoms with Crippen molar-refractivity contribution in [1.29, 1.82) is 0 Å². The molecular formula is C27H35FN2O. The van der Waals surface area contributed by atoms with Crippen LogP contribution >= 0.6 is 0 Å². The van der Waals surface area contributed by atoms with E-state index in [0.29, 0.717) is 6.04 Å². The summed E-state index contributed by atoms with van der Waals surface area (Å²) in [5, 5.41) is 3.05. The van der Waals surface area contributed by atoms with Crippen molar-refractivity contribution in [2.24, 2.45) is 17.8 Å². The number of rotatable bonds is 7. The molecule has 4 rings (SSSR count). The third-order valence-corrected chi connectivity index (χ3v) is 7.06. The van der Waals surface area contributed by atoms with Crippen LogP contribution in [0, 0.1) is 23.6 Å². The van der Waals surface area contributed by atoms with Gasteiger partial charge in [0.25, 0.3) is 0 Å². The van der Waals surface area contributed by atoms with E-state index in [-0.39, 0.29) is 13.2 Å². The van der Waals surface area contributed by atoms with E-state index >= 15 is 0 Å². The molecule has 1 aromatic rings. The maximum atomic E-state index is 13.2. The van der Waals surface area contributed by atoms with Crippen molar-refractivity contribution in [3.63, 3.8) is 0 Å². The molecular weight excluding hydrogens is 387 g/mol. The van der Waals surface area contributed by atoms with Crippen LogP contribution in [0.5, 0.6) is 0 Å². The zero-order valence-corrected chi connectivity index (χ0v) is 18.6. The van der Waals surface area contributed by atoms with Crippen LogP contribution in [-0.4, -0.2) is 30.4 Å². The number of fused-ring (bicyclic) bond motifs is 1. The molecule has 0 bridgehead atoms. The molecule has 3 aliphatic rings. The molecule has 1 aliphatic heterocycles. The Hall–Kier alpha value is -2.46. The summed E-state index contributed by atoms with van der Waals surface area (Å²) in [6, 6.07) is 7.21. The number of hydrogen-bond donors (Lipinski definition) is 1. The van der Waals surface area contributed by atoms with Gasteiger partial charge in [0.1, 0.15) is 5.82 Å². The predicted octanol–water partition coefficient (Wildman–Crippen LogP) is 5.60. The number of benzene rings is 1. The van der Waals surface area contributed by atoms with Crippen molar-refractivity contribution in [2.75, 3.05) is 19.6 Å². The van der Waals surface area contributed by atoms with Gasteiger partial charge in [-0.1, -0.05) is 48.1 Å². The lowest BCUT2D eigenvalue weighted by Crippen LogP contribution is -2.29. The molecule has 0 spiro atoms. The van der Waals surface area contributed by atoms with Crippen LogP contribution in [0.1, 0.15) is 46.1 Å². The Labute approximate surface area is 186 Å². The molecule has 0 aromatic heterocycles. The normalized spacial score (nSPS) is 29.3. The SMILES string of the molecule is CC1=CC\C=C/C=C(/C=C/C(=O)NCCC2[C@H]3CN(C(C)c4ccc(F)cc4)C[C@@H]23)C1.[HH]. The third kappa shape index (κ3) is 5.62. The van der Waals surface area contributed by atoms with Crippen LogP contribution in [0.3, 0.4) is 0 Å². The molecule has 31 heavy (non-hydrogen) atoms. The van der Waals surface area contributed by atoms with Gasteiger partial charge in [-0.15, -0.1) is 0 Å². The number of carbonyl (C=O) groups is 1. The molecule has 2 unspecified atom stereocenters. The Bertz CT molecular complexity index is 906. The van der Waals surface area contributed by atoms with Crippen LogP contribution < -0.4 is 5.32 Å². The van der Waals surface area contributed by atoms with E-state index in [9.17, 15) is 9.18 Å². The Morgan fingerprint density at radius 2 is 2.03 bits per heavy atom. The molecule has 4 atom stereocenters. The van der Waals surface area contributed by atoms with Gasteiger partial charge < -0.3 is 5.32 Å². The van der Waals surface area contributed by atoms with Gasteiger partial charge in [0.15, 0.2) is 0 Å². The maximum Gasteiger partial charge on any atom is 0.243 e. The van der Waals surface area contributed by atoms with Gasteiger partial charge in [-0.3, -0.25) is 9.69 Å². The number of halogens is 1. The van der Waals surface area contributed by atoms with Gasteiger partial charge >= 0.3 is 0 Å². The quantitative estimate of drug-likeness (QED) is 0.458. The number of likely N-dealkylation sites (tertiary alicyclic amines) is 1. The Morgan fingerprint density at radius 1 is 1.29 bits per heavy atom. The summed E-state index contributed by atoms with van der Waals surface area (Å²) >= 11 is 0. The highest BCUT2D eigenvalue weighted by Gasteiger charge is 2.55. The number of nitrogens with zero attached hydrogens (tertiary/aromatic N) is 1. The van der Waals surface area contributed by atoms with Gasteiger partial charge in [-0.2, -0.15) is 0 Å². The Balaban J connectivity index is 0.00000289. The van der Waals surface area contributed by atoms with Gasteiger partial charge in [0, 0.05) is 33.2 Å². The van der Waals surface area contributed by atoms with Gasteiger partial charge in [0.2, 0.25) is 5.91 Å². The lowest BCUT2D eigenvalue weighted by Gasteiger charge is -2.27. The lowest BCUT2D eigenvalue weighted by atomic mass is 10.0. The van der Waals surface area contributed by atoms with Crippen LogP contribution in [0.4, 0.5) is 4.39 Å². The van der Waals surface area contributed by atoms with E-state index in [1.54, 1.807) is 18.2 Å². The molecule has 1 aromatic carbocycles. The fraction of sp³-hybridized carbons (Fsp3) is 0.444. The summed E-state index contributed by atoms with van der Waals surface area (Å²) in [6.07, 6.45) is 15.0. The first-order valence-electron chi connectivity index (χ1n) is 11.5. The van der Waals surface area contributed by atoms with Crippen molar-refractivity contribution in [3.05, 3.63) is 83.2 Å². The summed E-state index contributed by atoms with van der Waals surface area (Å²) in [5.74, 6) is 2.04. The van der Waals surface area contributed by atoms with Crippen molar-refractivity contribution < 1.29 is 10.6 Å². The predicted molar refractivity (Wildman–Crippen MR) is 126 cm³/mol. The topological polar surface area (TPSA) is 32.3 Å². The average Bonchev–Trinajstić information content (AvgIpc) is 3.17. The van der Waals surface area contributed by atoms with Crippen molar-refractivity contribution in [1.82, 2.24) is 10.2 Å². The molecule has 0 radical (unpaired) electrons. The first-order valence-corrected chi connectivity index (χ1v) is 11.5. The monoisotopic (exact) mass is 422 g/mol. The standard InChI is InChI=1S/C27H33FN2O.H2/c1-19-6-4-3-5-7-21(16-19)8-13-27(31)29-15-14-24-25-17-30(18-26(24)25)20(2)22-9-11-23(28)12-10-22;/h3,5-13,20,24-26H,4,14-18H2,1-2H3,(H,29,31);1H/b5-3-,13-8+,19-6?,21-7-;/t20?,24?,25-,26+;. The van der Waals surface area contributed by atoms with Crippen LogP contribution in [0.15, 0.2) is 71.9 Å². The molecule has 1 heterocycles. The minimum absolute atomic E-state index is 0. The Morgan fingerprint density at radius 3 is 2.77 bits per heavy atom. The van der Waals surface area contributed by atoms with E-state index in [1.807, 2.05) is 18.2 Å². The first kappa shape index (κ1) is 21.8. The lowest BCUT2D eigenvalue weighted by molar-refractivity contribution is -0.116. The van der Waals surface area contributed by atoms with E-state index in [2.05, 4.69) is 48.4 Å². The van der Waals surface area contributed by atoms with E-state index in [4.69, 9.17) is 0 Å². The number of piperidine rings is 1. The van der Waals surface area contributed by atoms with Gasteiger partial charge in [-0.25, -0.2) is 4.39 Å². The Kier molecular flexibility index (Phi) is 6.86. The zero-order chi connectivity index (χ0) is 21.8. The summed E-state index contributed by atoms with van der Waals surface area (Å²) in [5.41, 5.74) is 3.68. The zero-order valence-electron chi connectivity index (χ0n) is 18.6. The van der Waals surface area contributed by atoms with E-state index in [1.165, 1.54) is 11.1 Å². The number of nitrogens with one attached hydrogen (secondary N) is 1. The van der Waals surface area contributed by atoms with E-state index in [0.717, 1.165) is 62.2 Å². The molecule has 1 amide bonds. The summed E-state index contributed by atoms with van der Waals surface area (Å²) in [4.78, 5) is 14.7. The third-order valence-electron chi connectivity index (χ3n) is 7.06. The first-order chi connectivity index (χ1) is 15.0. The molecule has 4 heteroatoms. The minimum atomic E-state index is -0.178. The molecule has 1 saturated carbocycles. The highest BCUT2D eigenvalue weighted by Crippen LogP contribution is 2.54. The van der Waals surface area contributed by atoms with Gasteiger partial charge in [-0.05, 0) is 74.1 Å². The second kappa shape index (κ2) is 9.78. The van der Waals surface area contributed by atoms with Crippen molar-refractivity contribution in [3.8, 4) is 0 Å². The summed E-state index contributed by atoms with van der Waals surface area (Å²) < 4.78 is 13.2. The van der Waals surface area contributed by atoms with E-state index < -0.39 is 0 Å². The summed E-state index contributed by atoms with van der Waals surface area (Å²) in [6.45, 7) is 7.30. The molecule has 166 valence electrons. The largest absolute Gasteiger partial charge is 0.353 e. The maximum absolute atomic E-state index is 13.2. The second-order valence-electron chi connectivity index (χ2n) is 9.22. The number of allylic oxidation sites excluding steroid dienone is 7. The van der Waals surface area contributed by atoms with Crippen molar-refractivity contribution >= 4 is 5.91 Å². The fourth-order valence-electron chi connectivity index (χ4n) is 5.09. The van der Waals surface area contributed by atoms with Crippen LogP contribution in [-0.2, 0) is 4.79 Å². The smallest absolute Gasteiger partial charge is 0.243 e. The minimum Gasteiger partial charge on any atom is -0.353 e. The molecule has 1 N–H and O–H groups in total. The van der Waals surface area contributed by atoms with Crippen molar-refractivity contribution in [2.45, 2.75) is 39.2 Å².